The Hall–Kier alpha value is -1.29. The number of carboxylic acids is 1. The van der Waals surface area contributed by atoms with Gasteiger partial charge in [0.1, 0.15) is 11.4 Å². The molecule has 0 saturated carbocycles. The molecule has 0 fully saturated rings. The second-order valence-electron chi connectivity index (χ2n) is 4.11. The molecule has 1 N–H and O–H groups in total. The van der Waals surface area contributed by atoms with Crippen molar-refractivity contribution in [3.63, 3.8) is 0 Å². The first kappa shape index (κ1) is 13.7. The van der Waals surface area contributed by atoms with Crippen molar-refractivity contribution in [2.24, 2.45) is 0 Å². The molecule has 0 aromatic carbocycles. The number of allylic oxidation sites excluding steroid dienone is 2. The van der Waals surface area contributed by atoms with Crippen LogP contribution in [0.15, 0.2) is 24.0 Å². The topological polar surface area (TPSA) is 55.8 Å². The lowest BCUT2D eigenvalue weighted by Crippen LogP contribution is -2.19. The van der Waals surface area contributed by atoms with E-state index >= 15 is 0 Å². The summed E-state index contributed by atoms with van der Waals surface area (Å²) < 4.78 is 0. The predicted octanol–water partition coefficient (Wildman–Crippen LogP) is 2.67. The number of hydrogen-bond donors (Lipinski definition) is 1. The van der Waals surface area contributed by atoms with Crippen LogP contribution in [0, 0.1) is 0 Å². The standard InChI is InChI=1S/C11H18O4/c1-6-7-9(10(12)13)8(2)14-15-11(3,4)5/h6H,1,7H2,2-5H3,(H,12,13)/b9-8-. The highest BCUT2D eigenvalue weighted by molar-refractivity contribution is 5.87. The van der Waals surface area contributed by atoms with Gasteiger partial charge in [-0.15, -0.1) is 6.58 Å². The zero-order valence-corrected chi connectivity index (χ0v) is 9.66. The highest BCUT2D eigenvalue weighted by Crippen LogP contribution is 2.15. The van der Waals surface area contributed by atoms with Gasteiger partial charge in [0.25, 0.3) is 0 Å². The summed E-state index contributed by atoms with van der Waals surface area (Å²) in [5.41, 5.74) is -0.326. The van der Waals surface area contributed by atoms with Crippen molar-refractivity contribution in [2.45, 2.75) is 39.7 Å². The maximum atomic E-state index is 10.8. The van der Waals surface area contributed by atoms with Gasteiger partial charge in [-0.3, -0.25) is 0 Å². The Morgan fingerprint density at radius 1 is 1.47 bits per heavy atom. The molecule has 0 amide bonds. The van der Waals surface area contributed by atoms with Crippen LogP contribution in [0.1, 0.15) is 34.1 Å². The zero-order valence-electron chi connectivity index (χ0n) is 9.66. The number of rotatable bonds is 5. The number of carbonyl (C=O) groups is 1. The maximum Gasteiger partial charge on any atom is 0.335 e. The highest BCUT2D eigenvalue weighted by Gasteiger charge is 2.16. The summed E-state index contributed by atoms with van der Waals surface area (Å²) >= 11 is 0. The summed E-state index contributed by atoms with van der Waals surface area (Å²) in [6, 6.07) is 0. The molecule has 0 aliphatic rings. The lowest BCUT2D eigenvalue weighted by Gasteiger charge is -2.18. The molecule has 0 radical (unpaired) electrons. The molecule has 0 bridgehead atoms. The lowest BCUT2D eigenvalue weighted by atomic mass is 10.1. The van der Waals surface area contributed by atoms with Crippen molar-refractivity contribution in [2.75, 3.05) is 0 Å². The van der Waals surface area contributed by atoms with E-state index in [2.05, 4.69) is 6.58 Å². The van der Waals surface area contributed by atoms with E-state index in [9.17, 15) is 4.79 Å². The van der Waals surface area contributed by atoms with E-state index in [4.69, 9.17) is 14.9 Å². The third-order valence-corrected chi connectivity index (χ3v) is 1.45. The molecule has 0 aromatic heterocycles. The van der Waals surface area contributed by atoms with Gasteiger partial charge >= 0.3 is 5.97 Å². The van der Waals surface area contributed by atoms with Gasteiger partial charge in [0, 0.05) is 6.42 Å². The van der Waals surface area contributed by atoms with Crippen LogP contribution < -0.4 is 0 Å². The van der Waals surface area contributed by atoms with E-state index in [1.807, 2.05) is 20.8 Å². The lowest BCUT2D eigenvalue weighted by molar-refractivity contribution is -0.321. The van der Waals surface area contributed by atoms with Gasteiger partial charge in [-0.25, -0.2) is 4.79 Å². The first-order valence-corrected chi connectivity index (χ1v) is 4.67. The van der Waals surface area contributed by atoms with Crippen LogP contribution in [-0.2, 0) is 14.6 Å². The van der Waals surface area contributed by atoms with E-state index in [-0.39, 0.29) is 17.8 Å². The molecule has 4 heteroatoms. The van der Waals surface area contributed by atoms with Gasteiger partial charge in [-0.2, -0.15) is 4.89 Å². The van der Waals surface area contributed by atoms with Gasteiger partial charge in [0.2, 0.25) is 0 Å². The van der Waals surface area contributed by atoms with Crippen molar-refractivity contribution in [3.05, 3.63) is 24.0 Å². The summed E-state index contributed by atoms with van der Waals surface area (Å²) in [4.78, 5) is 20.8. The summed E-state index contributed by atoms with van der Waals surface area (Å²) in [5.74, 6) is -0.776. The predicted molar refractivity (Wildman–Crippen MR) is 57.1 cm³/mol. The molecule has 0 rings (SSSR count). The van der Waals surface area contributed by atoms with Crippen LogP contribution in [0.2, 0.25) is 0 Å². The quantitative estimate of drug-likeness (QED) is 0.251. The van der Waals surface area contributed by atoms with Crippen molar-refractivity contribution in [1.82, 2.24) is 0 Å². The molecule has 0 aromatic rings. The summed E-state index contributed by atoms with van der Waals surface area (Å²) in [5, 5.41) is 8.86. The second kappa shape index (κ2) is 5.56. The molecule has 15 heavy (non-hydrogen) atoms. The minimum atomic E-state index is -1.02. The Balaban J connectivity index is 4.58. The minimum absolute atomic E-state index is 0.147. The average molecular weight is 214 g/mol. The van der Waals surface area contributed by atoms with Crippen molar-refractivity contribution < 1.29 is 19.7 Å². The van der Waals surface area contributed by atoms with Crippen LogP contribution >= 0.6 is 0 Å². The molecule has 0 aliphatic heterocycles. The summed E-state index contributed by atoms with van der Waals surface area (Å²) in [6.07, 6.45) is 1.75. The molecule has 0 atom stereocenters. The fourth-order valence-corrected chi connectivity index (χ4v) is 0.764. The largest absolute Gasteiger partial charge is 0.478 e. The Kier molecular flexibility index (Phi) is 5.08. The van der Waals surface area contributed by atoms with Crippen molar-refractivity contribution >= 4 is 5.97 Å². The van der Waals surface area contributed by atoms with Gasteiger partial charge in [0.05, 0.1) is 5.57 Å². The number of carboxylic acid groups (broad SMARTS) is 1. The van der Waals surface area contributed by atoms with Crippen LogP contribution in [0.5, 0.6) is 0 Å². The normalized spacial score (nSPS) is 13.1. The summed E-state index contributed by atoms with van der Waals surface area (Å²) in [7, 11) is 0. The molecule has 86 valence electrons. The molecule has 0 aliphatic carbocycles. The van der Waals surface area contributed by atoms with Crippen LogP contribution in [0.25, 0.3) is 0 Å². The van der Waals surface area contributed by atoms with E-state index in [1.165, 1.54) is 6.08 Å². The molecular weight excluding hydrogens is 196 g/mol. The van der Waals surface area contributed by atoms with Crippen molar-refractivity contribution in [1.29, 1.82) is 0 Å². The maximum absolute atomic E-state index is 10.8. The fraction of sp³-hybridized carbons (Fsp3) is 0.545. The Bertz CT molecular complexity index is 271. The van der Waals surface area contributed by atoms with Gasteiger partial charge in [0.15, 0.2) is 0 Å². The average Bonchev–Trinajstić information content (AvgIpc) is 2.08. The van der Waals surface area contributed by atoms with Crippen LogP contribution in [0.4, 0.5) is 0 Å². The smallest absolute Gasteiger partial charge is 0.335 e. The van der Waals surface area contributed by atoms with E-state index < -0.39 is 11.6 Å². The third-order valence-electron chi connectivity index (χ3n) is 1.45. The molecule has 0 saturated heterocycles. The number of aliphatic carboxylic acids is 1. The van der Waals surface area contributed by atoms with Crippen LogP contribution in [0.3, 0.4) is 0 Å². The Labute approximate surface area is 90.1 Å². The Morgan fingerprint density at radius 2 is 2.00 bits per heavy atom. The molecule has 4 nitrogen and oxygen atoms in total. The van der Waals surface area contributed by atoms with E-state index in [0.717, 1.165) is 0 Å². The first-order chi connectivity index (χ1) is 6.78. The number of hydrogen-bond acceptors (Lipinski definition) is 3. The third kappa shape index (κ3) is 5.91. The first-order valence-electron chi connectivity index (χ1n) is 4.67. The SMILES string of the molecule is C=CC/C(C(=O)O)=C(\C)OOC(C)(C)C. The van der Waals surface area contributed by atoms with Gasteiger partial charge < -0.3 is 9.99 Å². The van der Waals surface area contributed by atoms with Gasteiger partial charge in [-0.05, 0) is 27.7 Å². The van der Waals surface area contributed by atoms with E-state index in [0.29, 0.717) is 0 Å². The van der Waals surface area contributed by atoms with Crippen LogP contribution in [-0.4, -0.2) is 16.7 Å². The van der Waals surface area contributed by atoms with Gasteiger partial charge in [-0.1, -0.05) is 6.08 Å². The Morgan fingerprint density at radius 3 is 2.33 bits per heavy atom. The highest BCUT2D eigenvalue weighted by atomic mass is 17.2. The summed E-state index contributed by atoms with van der Waals surface area (Å²) in [6.45, 7) is 10.5. The van der Waals surface area contributed by atoms with E-state index in [1.54, 1.807) is 6.92 Å². The molecule has 0 heterocycles. The fourth-order valence-electron chi connectivity index (χ4n) is 0.764. The molecule has 0 unspecified atom stereocenters. The monoisotopic (exact) mass is 214 g/mol. The van der Waals surface area contributed by atoms with Crippen molar-refractivity contribution in [3.8, 4) is 0 Å². The minimum Gasteiger partial charge on any atom is -0.478 e. The molecular formula is C11H18O4. The zero-order chi connectivity index (χ0) is 12.1. The second-order valence-corrected chi connectivity index (χ2v) is 4.11. The molecule has 0 spiro atoms.